The second-order valence-corrected chi connectivity index (χ2v) is 7.44. The fraction of sp³-hybridized carbons (Fsp3) is 0.0714. The van der Waals surface area contributed by atoms with Gasteiger partial charge in [0.25, 0.3) is 5.91 Å². The maximum absolute atomic E-state index is 13.5. The Hall–Kier alpha value is -4.38. The zero-order valence-corrected chi connectivity index (χ0v) is 18.2. The van der Waals surface area contributed by atoms with Crippen LogP contribution in [0.3, 0.4) is 0 Å². The van der Waals surface area contributed by atoms with Crippen LogP contribution < -0.4 is 15.4 Å². The smallest absolute Gasteiger partial charge is 0.257 e. The molecule has 0 saturated carbocycles. The first kappa shape index (κ1) is 21.8. The second kappa shape index (κ2) is 10.3. The number of methoxy groups -OCH3 is 1. The van der Waals surface area contributed by atoms with Crippen molar-refractivity contribution in [3.8, 4) is 5.75 Å². The lowest BCUT2D eigenvalue weighted by atomic mass is 9.90. The maximum atomic E-state index is 13.5. The van der Waals surface area contributed by atoms with Gasteiger partial charge in [-0.3, -0.25) is 9.59 Å². The van der Waals surface area contributed by atoms with Crippen molar-refractivity contribution >= 4 is 23.2 Å². The van der Waals surface area contributed by atoms with Crippen molar-refractivity contribution < 1.29 is 14.3 Å². The molecule has 0 fully saturated rings. The number of carbonyl (C=O) groups excluding carboxylic acids is 2. The van der Waals surface area contributed by atoms with E-state index in [1.165, 1.54) is 0 Å². The normalized spacial score (nSPS) is 10.5. The Bertz CT molecular complexity index is 1200. The van der Waals surface area contributed by atoms with E-state index >= 15 is 0 Å². The van der Waals surface area contributed by atoms with E-state index in [0.29, 0.717) is 22.7 Å². The van der Waals surface area contributed by atoms with Crippen LogP contribution in [0, 0.1) is 0 Å². The van der Waals surface area contributed by atoms with E-state index in [4.69, 9.17) is 4.74 Å². The number of carbonyl (C=O) groups is 2. The van der Waals surface area contributed by atoms with Crippen molar-refractivity contribution in [3.05, 3.63) is 126 Å². The minimum Gasteiger partial charge on any atom is -0.495 e. The lowest BCUT2D eigenvalue weighted by Gasteiger charge is -2.19. The average Bonchev–Trinajstić information content (AvgIpc) is 2.86. The molecule has 2 N–H and O–H groups in total. The summed E-state index contributed by atoms with van der Waals surface area (Å²) in [5.74, 6) is -0.519. The number of amides is 2. The van der Waals surface area contributed by atoms with E-state index in [1.807, 2.05) is 72.8 Å². The molecule has 4 aromatic carbocycles. The zero-order chi connectivity index (χ0) is 23.0. The van der Waals surface area contributed by atoms with Gasteiger partial charge in [0.2, 0.25) is 5.91 Å². The van der Waals surface area contributed by atoms with Crippen molar-refractivity contribution in [1.82, 2.24) is 0 Å². The number of para-hydroxylation sites is 3. The van der Waals surface area contributed by atoms with Gasteiger partial charge >= 0.3 is 0 Å². The Labute approximate surface area is 193 Å². The number of rotatable bonds is 7. The van der Waals surface area contributed by atoms with Crippen LogP contribution in [0.1, 0.15) is 27.4 Å². The summed E-state index contributed by atoms with van der Waals surface area (Å²) < 4.78 is 5.32. The van der Waals surface area contributed by atoms with Gasteiger partial charge in [-0.25, -0.2) is 0 Å². The van der Waals surface area contributed by atoms with Gasteiger partial charge in [-0.05, 0) is 35.4 Å². The fourth-order valence-corrected chi connectivity index (χ4v) is 3.72. The number of hydrogen-bond donors (Lipinski definition) is 2. The van der Waals surface area contributed by atoms with Crippen LogP contribution in [-0.4, -0.2) is 18.9 Å². The third-order valence-electron chi connectivity index (χ3n) is 5.31. The van der Waals surface area contributed by atoms with Crippen LogP contribution >= 0.6 is 0 Å². The molecule has 5 heteroatoms. The van der Waals surface area contributed by atoms with Crippen LogP contribution in [0.4, 0.5) is 11.4 Å². The highest BCUT2D eigenvalue weighted by Gasteiger charge is 2.24. The van der Waals surface area contributed by atoms with Crippen LogP contribution in [-0.2, 0) is 4.79 Å². The monoisotopic (exact) mass is 436 g/mol. The fourth-order valence-electron chi connectivity index (χ4n) is 3.72. The van der Waals surface area contributed by atoms with Crippen LogP contribution in [0.2, 0.25) is 0 Å². The summed E-state index contributed by atoms with van der Waals surface area (Å²) >= 11 is 0. The van der Waals surface area contributed by atoms with Crippen LogP contribution in [0.5, 0.6) is 5.75 Å². The summed E-state index contributed by atoms with van der Waals surface area (Å²) in [5, 5.41) is 5.84. The lowest BCUT2D eigenvalue weighted by molar-refractivity contribution is -0.116. The van der Waals surface area contributed by atoms with Gasteiger partial charge in [0.15, 0.2) is 0 Å². The highest BCUT2D eigenvalue weighted by Crippen LogP contribution is 2.28. The van der Waals surface area contributed by atoms with Gasteiger partial charge in [0, 0.05) is 0 Å². The molecule has 4 aromatic rings. The Morgan fingerprint density at radius 1 is 0.636 bits per heavy atom. The molecular formula is C28H24N2O3. The predicted molar refractivity (Wildman–Crippen MR) is 131 cm³/mol. The average molecular weight is 437 g/mol. The summed E-state index contributed by atoms with van der Waals surface area (Å²) in [4.78, 5) is 26.6. The molecule has 33 heavy (non-hydrogen) atoms. The molecule has 0 atom stereocenters. The molecule has 0 heterocycles. The molecule has 164 valence electrons. The Kier molecular flexibility index (Phi) is 6.81. The summed E-state index contributed by atoms with van der Waals surface area (Å²) in [6.45, 7) is 0. The maximum Gasteiger partial charge on any atom is 0.257 e. The van der Waals surface area contributed by atoms with Crippen molar-refractivity contribution in [3.63, 3.8) is 0 Å². The molecule has 4 rings (SSSR count). The topological polar surface area (TPSA) is 67.4 Å². The van der Waals surface area contributed by atoms with Crippen molar-refractivity contribution in [2.45, 2.75) is 5.92 Å². The van der Waals surface area contributed by atoms with E-state index in [9.17, 15) is 9.59 Å². The van der Waals surface area contributed by atoms with Gasteiger partial charge < -0.3 is 15.4 Å². The highest BCUT2D eigenvalue weighted by molar-refractivity contribution is 6.11. The van der Waals surface area contributed by atoms with Crippen LogP contribution in [0.25, 0.3) is 0 Å². The van der Waals surface area contributed by atoms with Gasteiger partial charge in [0.05, 0.1) is 30.0 Å². The van der Waals surface area contributed by atoms with E-state index in [0.717, 1.165) is 11.1 Å². The van der Waals surface area contributed by atoms with E-state index < -0.39 is 5.92 Å². The van der Waals surface area contributed by atoms with E-state index in [1.54, 1.807) is 43.5 Å². The standard InChI is InChI=1S/C28H24N2O3/c1-33-25-19-11-10-18-24(25)30-27(31)22-16-8-9-17-23(22)29-28(32)26(20-12-4-2-5-13-20)21-14-6-3-7-15-21/h2-19,26H,1H3,(H,29,32)(H,30,31). The highest BCUT2D eigenvalue weighted by atomic mass is 16.5. The van der Waals surface area contributed by atoms with Crippen molar-refractivity contribution in [2.75, 3.05) is 17.7 Å². The molecule has 0 bridgehead atoms. The number of nitrogens with one attached hydrogen (secondary N) is 2. The Morgan fingerprint density at radius 3 is 1.76 bits per heavy atom. The lowest BCUT2D eigenvalue weighted by Crippen LogP contribution is -2.24. The van der Waals surface area contributed by atoms with Gasteiger partial charge in [-0.15, -0.1) is 0 Å². The first-order valence-electron chi connectivity index (χ1n) is 10.6. The molecule has 2 amide bonds. The first-order valence-corrected chi connectivity index (χ1v) is 10.6. The third-order valence-corrected chi connectivity index (χ3v) is 5.31. The molecule has 0 saturated heterocycles. The minimum atomic E-state index is -0.516. The SMILES string of the molecule is COc1ccccc1NC(=O)c1ccccc1NC(=O)C(c1ccccc1)c1ccccc1. The molecule has 0 aliphatic heterocycles. The van der Waals surface area contributed by atoms with E-state index in [2.05, 4.69) is 10.6 Å². The first-order chi connectivity index (χ1) is 16.2. The van der Waals surface area contributed by atoms with Crippen LogP contribution in [0.15, 0.2) is 109 Å². The summed E-state index contributed by atoms with van der Waals surface area (Å²) in [5.41, 5.74) is 3.09. The predicted octanol–water partition coefficient (Wildman–Crippen LogP) is 5.72. The van der Waals surface area contributed by atoms with E-state index in [-0.39, 0.29) is 11.8 Å². The molecular weight excluding hydrogens is 412 g/mol. The van der Waals surface area contributed by atoms with Crippen molar-refractivity contribution in [1.29, 1.82) is 0 Å². The van der Waals surface area contributed by atoms with Crippen molar-refractivity contribution in [2.24, 2.45) is 0 Å². The summed E-state index contributed by atoms with van der Waals surface area (Å²) in [6.07, 6.45) is 0. The molecule has 0 unspecified atom stereocenters. The quantitative estimate of drug-likeness (QED) is 0.389. The Balaban J connectivity index is 1.62. The number of anilines is 2. The third kappa shape index (κ3) is 5.10. The summed E-state index contributed by atoms with van der Waals surface area (Å²) in [6, 6.07) is 33.3. The molecule has 0 aliphatic carbocycles. The van der Waals surface area contributed by atoms with Gasteiger partial charge in [-0.2, -0.15) is 0 Å². The summed E-state index contributed by atoms with van der Waals surface area (Å²) in [7, 11) is 1.55. The largest absolute Gasteiger partial charge is 0.495 e. The number of hydrogen-bond acceptors (Lipinski definition) is 3. The molecule has 0 aliphatic rings. The van der Waals surface area contributed by atoms with Gasteiger partial charge in [-0.1, -0.05) is 84.9 Å². The minimum absolute atomic E-state index is 0.218. The molecule has 0 radical (unpaired) electrons. The van der Waals surface area contributed by atoms with Gasteiger partial charge in [0.1, 0.15) is 5.75 Å². The molecule has 5 nitrogen and oxygen atoms in total. The zero-order valence-electron chi connectivity index (χ0n) is 18.2. The molecule has 0 spiro atoms. The Morgan fingerprint density at radius 2 is 1.15 bits per heavy atom. The second-order valence-electron chi connectivity index (χ2n) is 7.44. The number of ether oxygens (including phenoxy) is 1. The molecule has 0 aromatic heterocycles. The number of benzene rings is 4.